The Labute approximate surface area is 196 Å². The molecule has 0 unspecified atom stereocenters. The lowest BCUT2D eigenvalue weighted by Gasteiger charge is -2.19. The quantitative estimate of drug-likeness (QED) is 0.300. The summed E-state index contributed by atoms with van der Waals surface area (Å²) in [6.07, 6.45) is 0. The number of carboxylic acids is 1. The molecule has 1 aromatic carbocycles. The van der Waals surface area contributed by atoms with Crippen LogP contribution < -0.4 is 16.4 Å². The first-order chi connectivity index (χ1) is 16.3. The van der Waals surface area contributed by atoms with Gasteiger partial charge in [-0.25, -0.2) is 19.8 Å². The molecular weight excluding hydrogens is 466 g/mol. The van der Waals surface area contributed by atoms with E-state index < -0.39 is 35.4 Å². The summed E-state index contributed by atoms with van der Waals surface area (Å²) in [5.41, 5.74) is 5.53. The zero-order valence-corrected chi connectivity index (χ0v) is 18.5. The van der Waals surface area contributed by atoms with Gasteiger partial charge in [-0.3, -0.25) is 14.4 Å². The van der Waals surface area contributed by atoms with Gasteiger partial charge in [0.25, 0.3) is 17.7 Å². The van der Waals surface area contributed by atoms with Crippen LogP contribution >= 0.6 is 11.3 Å². The number of benzene rings is 1. The van der Waals surface area contributed by atoms with Crippen molar-refractivity contribution in [3.8, 4) is 0 Å². The number of hydrazine groups is 1. The summed E-state index contributed by atoms with van der Waals surface area (Å²) in [6.45, 7) is -0.178. The van der Waals surface area contributed by atoms with Crippen LogP contribution in [0.5, 0.6) is 0 Å². The second kappa shape index (κ2) is 9.29. The van der Waals surface area contributed by atoms with E-state index in [-0.39, 0.29) is 35.2 Å². The van der Waals surface area contributed by atoms with E-state index in [2.05, 4.69) is 20.8 Å². The van der Waals surface area contributed by atoms with E-state index in [1.165, 1.54) is 17.5 Å². The standard InChI is InChI=1S/C20H19N7O6S/c1-33-25-14(13-9-34-20(21)24-13)17(29)23-12-8-26-7-11(15(19(31)32)27(26)18(12)30)16(28)22-10-5-3-2-4-6-10/h2-6,9,12H,7-8H2,1H3,(H2,21,24)(H,22,28)(H,23,29)(H,31,32)/b25-14+/t12-/m0/s1. The van der Waals surface area contributed by atoms with Crippen LogP contribution in [0, 0.1) is 0 Å². The summed E-state index contributed by atoms with van der Waals surface area (Å²) >= 11 is 1.10. The molecule has 0 radical (unpaired) electrons. The second-order valence-corrected chi connectivity index (χ2v) is 8.06. The van der Waals surface area contributed by atoms with Gasteiger partial charge in [0.05, 0.1) is 12.1 Å². The Balaban J connectivity index is 1.53. The van der Waals surface area contributed by atoms with E-state index in [9.17, 15) is 24.3 Å². The van der Waals surface area contributed by atoms with E-state index >= 15 is 0 Å². The van der Waals surface area contributed by atoms with Gasteiger partial charge in [-0.05, 0) is 12.1 Å². The third-order valence-corrected chi connectivity index (χ3v) is 5.67. The number of nitrogens with two attached hydrogens (primary N) is 1. The Hall–Kier alpha value is -4.30. The number of aromatic nitrogens is 1. The van der Waals surface area contributed by atoms with Crippen LogP contribution in [0.1, 0.15) is 5.69 Å². The predicted octanol–water partition coefficient (Wildman–Crippen LogP) is -0.389. The van der Waals surface area contributed by atoms with Crippen LogP contribution in [0.2, 0.25) is 0 Å². The molecule has 13 nitrogen and oxygen atoms in total. The lowest BCUT2D eigenvalue weighted by atomic mass is 10.1. The van der Waals surface area contributed by atoms with Gasteiger partial charge >= 0.3 is 5.97 Å². The van der Waals surface area contributed by atoms with Crippen molar-refractivity contribution < 1.29 is 29.1 Å². The first-order valence-electron chi connectivity index (χ1n) is 9.85. The van der Waals surface area contributed by atoms with Gasteiger partial charge in [0, 0.05) is 17.6 Å². The summed E-state index contributed by atoms with van der Waals surface area (Å²) < 4.78 is 0. The van der Waals surface area contributed by atoms with Gasteiger partial charge in [-0.1, -0.05) is 23.4 Å². The van der Waals surface area contributed by atoms with E-state index in [0.29, 0.717) is 5.69 Å². The van der Waals surface area contributed by atoms with Crippen LogP contribution in [-0.4, -0.2) is 75.8 Å². The van der Waals surface area contributed by atoms with E-state index in [0.717, 1.165) is 16.3 Å². The minimum Gasteiger partial charge on any atom is -0.477 e. The molecule has 1 fully saturated rings. The van der Waals surface area contributed by atoms with Gasteiger partial charge in [0.1, 0.15) is 18.8 Å². The number of nitrogens with zero attached hydrogens (tertiary/aromatic N) is 4. The number of carbonyl (C=O) groups is 4. The highest BCUT2D eigenvalue weighted by Crippen LogP contribution is 2.30. The fraction of sp³-hybridized carbons (Fsp3) is 0.200. The third-order valence-electron chi connectivity index (χ3n) is 5.00. The van der Waals surface area contributed by atoms with Crippen molar-refractivity contribution in [3.05, 3.63) is 52.7 Å². The zero-order valence-electron chi connectivity index (χ0n) is 17.7. The molecular formula is C20H19N7O6S. The molecule has 34 heavy (non-hydrogen) atoms. The highest BCUT2D eigenvalue weighted by Gasteiger charge is 2.49. The minimum atomic E-state index is -1.44. The van der Waals surface area contributed by atoms with Gasteiger partial charge in [0.2, 0.25) is 0 Å². The van der Waals surface area contributed by atoms with Crippen LogP contribution in [0.3, 0.4) is 0 Å². The SMILES string of the molecule is CO/N=C(/C(=O)N[C@H]1CN2CC(C(=O)Nc3ccccc3)=C(C(=O)O)N2C1=O)c1csc(N)n1. The van der Waals surface area contributed by atoms with E-state index in [1.807, 2.05) is 0 Å². The number of hydrogen-bond donors (Lipinski definition) is 4. The lowest BCUT2D eigenvalue weighted by Crippen LogP contribution is -2.46. The molecule has 2 aromatic rings. The molecule has 2 aliphatic heterocycles. The number of aliphatic carboxylic acids is 1. The van der Waals surface area contributed by atoms with Crippen LogP contribution in [0.15, 0.2) is 52.1 Å². The average molecular weight is 485 g/mol. The van der Waals surface area contributed by atoms with Gasteiger partial charge in [-0.2, -0.15) is 0 Å². The van der Waals surface area contributed by atoms with Crippen molar-refractivity contribution in [3.63, 3.8) is 0 Å². The Bertz CT molecular complexity index is 1230. The highest BCUT2D eigenvalue weighted by atomic mass is 32.1. The molecule has 3 heterocycles. The Morgan fingerprint density at radius 2 is 2.03 bits per heavy atom. The number of para-hydroxylation sites is 1. The van der Waals surface area contributed by atoms with Crippen molar-refractivity contribution in [1.82, 2.24) is 20.3 Å². The average Bonchev–Trinajstić information content (AvgIpc) is 3.48. The molecule has 1 aromatic heterocycles. The molecule has 4 rings (SSSR count). The molecule has 3 amide bonds. The molecule has 0 bridgehead atoms. The van der Waals surface area contributed by atoms with Gasteiger partial charge in [-0.15, -0.1) is 11.3 Å². The normalized spacial score (nSPS) is 18.1. The molecule has 1 saturated heterocycles. The summed E-state index contributed by atoms with van der Waals surface area (Å²) in [5.74, 6) is -3.54. The number of carbonyl (C=O) groups excluding carboxylic acids is 3. The van der Waals surface area contributed by atoms with Crippen molar-refractivity contribution in [2.45, 2.75) is 6.04 Å². The molecule has 176 valence electrons. The Morgan fingerprint density at radius 1 is 1.29 bits per heavy atom. The number of nitrogens with one attached hydrogen (secondary N) is 2. The van der Waals surface area contributed by atoms with Crippen molar-refractivity contribution in [2.24, 2.45) is 5.16 Å². The number of rotatable bonds is 7. The van der Waals surface area contributed by atoms with Crippen molar-refractivity contribution >= 4 is 51.6 Å². The Morgan fingerprint density at radius 3 is 2.65 bits per heavy atom. The number of carboxylic acid groups (broad SMARTS) is 1. The fourth-order valence-electron chi connectivity index (χ4n) is 3.58. The molecule has 0 saturated carbocycles. The van der Waals surface area contributed by atoms with Crippen molar-refractivity contribution in [1.29, 1.82) is 0 Å². The van der Waals surface area contributed by atoms with Crippen LogP contribution in [-0.2, 0) is 24.0 Å². The fourth-order valence-corrected chi connectivity index (χ4v) is 4.13. The number of hydrogen-bond acceptors (Lipinski definition) is 10. The maximum atomic E-state index is 13.0. The smallest absolute Gasteiger partial charge is 0.354 e. The van der Waals surface area contributed by atoms with E-state index in [4.69, 9.17) is 10.6 Å². The summed E-state index contributed by atoms with van der Waals surface area (Å²) in [7, 11) is 1.25. The number of anilines is 2. The van der Waals surface area contributed by atoms with Gasteiger partial charge < -0.3 is 26.3 Å². The minimum absolute atomic E-state index is 0.0526. The van der Waals surface area contributed by atoms with Crippen LogP contribution in [0.4, 0.5) is 10.8 Å². The number of fused-ring (bicyclic) bond motifs is 1. The molecule has 14 heteroatoms. The summed E-state index contributed by atoms with van der Waals surface area (Å²) in [4.78, 5) is 59.2. The number of amides is 3. The molecule has 0 spiro atoms. The number of thiazole rings is 1. The Kier molecular flexibility index (Phi) is 6.25. The monoisotopic (exact) mass is 485 g/mol. The maximum absolute atomic E-state index is 13.0. The number of nitrogen functional groups attached to an aromatic ring is 1. The molecule has 0 aliphatic carbocycles. The molecule has 5 N–H and O–H groups in total. The maximum Gasteiger partial charge on any atom is 0.354 e. The topological polar surface area (TPSA) is 180 Å². The number of oxime groups is 1. The second-order valence-electron chi connectivity index (χ2n) is 7.17. The lowest BCUT2D eigenvalue weighted by molar-refractivity contribution is -0.143. The van der Waals surface area contributed by atoms with Crippen molar-refractivity contribution in [2.75, 3.05) is 31.2 Å². The zero-order chi connectivity index (χ0) is 24.4. The molecule has 1 atom stereocenters. The predicted molar refractivity (Wildman–Crippen MR) is 120 cm³/mol. The summed E-state index contributed by atoms with van der Waals surface area (Å²) in [6, 6.07) is 7.43. The third kappa shape index (κ3) is 4.31. The van der Waals surface area contributed by atoms with Crippen LogP contribution in [0.25, 0.3) is 0 Å². The summed E-state index contributed by atoms with van der Waals surface area (Å²) in [5, 5.41) is 22.6. The van der Waals surface area contributed by atoms with Gasteiger partial charge in [0.15, 0.2) is 16.5 Å². The first kappa shape index (κ1) is 22.9. The largest absolute Gasteiger partial charge is 0.477 e. The van der Waals surface area contributed by atoms with E-state index in [1.54, 1.807) is 30.3 Å². The first-order valence-corrected chi connectivity index (χ1v) is 10.7. The molecule has 2 aliphatic rings. The highest BCUT2D eigenvalue weighted by molar-refractivity contribution is 7.13.